The lowest BCUT2D eigenvalue weighted by Crippen LogP contribution is -2.40. The molecule has 0 aliphatic carbocycles. The summed E-state index contributed by atoms with van der Waals surface area (Å²) in [6.07, 6.45) is 5.07. The Kier molecular flexibility index (Phi) is 5.28. The Morgan fingerprint density at radius 3 is 2.39 bits per heavy atom. The van der Waals surface area contributed by atoms with Crippen molar-refractivity contribution in [1.29, 1.82) is 0 Å². The molecule has 1 fully saturated rings. The van der Waals surface area contributed by atoms with E-state index in [1.54, 1.807) is 14.2 Å². The molecule has 0 unspecified atom stereocenters. The predicted molar refractivity (Wildman–Crippen MR) is 93.2 cm³/mol. The predicted octanol–water partition coefficient (Wildman–Crippen LogP) is 2.13. The van der Waals surface area contributed by atoms with Crippen molar-refractivity contribution < 1.29 is 9.47 Å². The topological polar surface area (TPSA) is 51.0 Å². The first-order valence-electron chi connectivity index (χ1n) is 8.70. The molecule has 5 heteroatoms. The number of hydrogen-bond donors (Lipinski definition) is 1. The molecule has 0 atom stereocenters. The Bertz CT molecular complexity index is 542. The third kappa shape index (κ3) is 3.56. The molecule has 5 nitrogen and oxygen atoms in total. The molecule has 1 saturated heterocycles. The average Bonchev–Trinajstić information content (AvgIpc) is 2.60. The number of anilines is 1. The summed E-state index contributed by atoms with van der Waals surface area (Å²) in [6.45, 7) is 6.78. The first kappa shape index (κ1) is 16.4. The van der Waals surface area contributed by atoms with Crippen LogP contribution in [0.1, 0.15) is 30.4 Å². The minimum atomic E-state index is 0.741. The third-order valence-electron chi connectivity index (χ3n) is 5.16. The van der Waals surface area contributed by atoms with Crippen LogP contribution in [0.4, 0.5) is 5.69 Å². The van der Waals surface area contributed by atoms with E-state index in [2.05, 4.69) is 9.80 Å². The quantitative estimate of drug-likeness (QED) is 0.843. The highest BCUT2D eigenvalue weighted by molar-refractivity contribution is 5.64. The highest BCUT2D eigenvalue weighted by Crippen LogP contribution is 2.39. The van der Waals surface area contributed by atoms with Crippen LogP contribution in [0.3, 0.4) is 0 Å². The third-order valence-corrected chi connectivity index (χ3v) is 5.16. The van der Waals surface area contributed by atoms with Gasteiger partial charge in [0.05, 0.1) is 14.2 Å². The van der Waals surface area contributed by atoms with Crippen LogP contribution in [0.2, 0.25) is 0 Å². The van der Waals surface area contributed by atoms with Crippen molar-refractivity contribution in [2.24, 2.45) is 0 Å². The molecule has 0 spiro atoms. The fraction of sp³-hybridized carbons (Fsp3) is 0.667. The van der Waals surface area contributed by atoms with Crippen molar-refractivity contribution in [3.8, 4) is 11.5 Å². The number of ether oxygens (including phenoxy) is 2. The first-order valence-corrected chi connectivity index (χ1v) is 8.70. The number of nitrogens with zero attached hydrogens (tertiary/aromatic N) is 2. The molecule has 3 rings (SSSR count). The number of rotatable bonds is 5. The fourth-order valence-corrected chi connectivity index (χ4v) is 3.81. The van der Waals surface area contributed by atoms with Crippen molar-refractivity contribution in [3.63, 3.8) is 0 Å². The Hall–Kier alpha value is -1.46. The van der Waals surface area contributed by atoms with E-state index in [4.69, 9.17) is 15.2 Å². The van der Waals surface area contributed by atoms with Gasteiger partial charge in [-0.1, -0.05) is 6.42 Å². The summed E-state index contributed by atoms with van der Waals surface area (Å²) < 4.78 is 11.0. The van der Waals surface area contributed by atoms with E-state index in [0.717, 1.165) is 43.2 Å². The zero-order valence-corrected chi connectivity index (χ0v) is 14.4. The van der Waals surface area contributed by atoms with E-state index in [1.165, 1.54) is 50.0 Å². The second-order valence-electron chi connectivity index (χ2n) is 6.59. The van der Waals surface area contributed by atoms with Crippen LogP contribution in [-0.2, 0) is 13.0 Å². The summed E-state index contributed by atoms with van der Waals surface area (Å²) in [4.78, 5) is 5.11. The summed E-state index contributed by atoms with van der Waals surface area (Å²) in [5.74, 6) is 1.60. The Morgan fingerprint density at radius 2 is 1.70 bits per heavy atom. The maximum absolute atomic E-state index is 6.27. The number of nitrogen functional groups attached to an aromatic ring is 1. The summed E-state index contributed by atoms with van der Waals surface area (Å²) in [5, 5.41) is 0. The summed E-state index contributed by atoms with van der Waals surface area (Å²) in [6, 6.07) is 1.89. The smallest absolute Gasteiger partial charge is 0.164 e. The lowest BCUT2D eigenvalue weighted by atomic mass is 9.96. The van der Waals surface area contributed by atoms with Gasteiger partial charge >= 0.3 is 0 Å². The molecule has 0 amide bonds. The second kappa shape index (κ2) is 7.41. The molecule has 0 aromatic heterocycles. The van der Waals surface area contributed by atoms with Gasteiger partial charge in [0.15, 0.2) is 11.5 Å². The van der Waals surface area contributed by atoms with Crippen molar-refractivity contribution in [2.45, 2.75) is 32.2 Å². The molecule has 0 bridgehead atoms. The van der Waals surface area contributed by atoms with Gasteiger partial charge in [0.1, 0.15) is 0 Å². The number of fused-ring (bicyclic) bond motifs is 1. The van der Waals surface area contributed by atoms with Gasteiger partial charge in [0.25, 0.3) is 0 Å². The first-order chi connectivity index (χ1) is 11.2. The summed E-state index contributed by atoms with van der Waals surface area (Å²) >= 11 is 0. The van der Waals surface area contributed by atoms with E-state index in [0.29, 0.717) is 0 Å². The van der Waals surface area contributed by atoms with E-state index in [1.807, 2.05) is 6.07 Å². The van der Waals surface area contributed by atoms with Crippen molar-refractivity contribution in [1.82, 2.24) is 9.80 Å². The summed E-state index contributed by atoms with van der Waals surface area (Å²) in [5.41, 5.74) is 9.53. The number of likely N-dealkylation sites (tertiary alicyclic amines) is 1. The van der Waals surface area contributed by atoms with Crippen molar-refractivity contribution >= 4 is 5.69 Å². The number of benzene rings is 1. The molecule has 2 aliphatic rings. The van der Waals surface area contributed by atoms with Gasteiger partial charge in [0, 0.05) is 43.5 Å². The molecule has 0 radical (unpaired) electrons. The van der Waals surface area contributed by atoms with Gasteiger partial charge in [0.2, 0.25) is 0 Å². The van der Waals surface area contributed by atoms with E-state index >= 15 is 0 Å². The highest BCUT2D eigenvalue weighted by Gasteiger charge is 2.25. The lowest BCUT2D eigenvalue weighted by Gasteiger charge is -2.34. The van der Waals surface area contributed by atoms with Gasteiger partial charge in [-0.05, 0) is 37.9 Å². The van der Waals surface area contributed by atoms with Gasteiger partial charge in [-0.3, -0.25) is 4.90 Å². The molecule has 1 aromatic rings. The number of hydrogen-bond acceptors (Lipinski definition) is 5. The molecule has 128 valence electrons. The van der Waals surface area contributed by atoms with Crippen molar-refractivity contribution in [2.75, 3.05) is 52.7 Å². The largest absolute Gasteiger partial charge is 0.493 e. The van der Waals surface area contributed by atoms with Crippen LogP contribution in [0.5, 0.6) is 11.5 Å². The standard InChI is InChI=1S/C18H29N3O2/c1-22-17-12-16(19)15-13-21(9-6-14(15)18(17)23-2)11-10-20-7-4-3-5-8-20/h12H,3-11,13,19H2,1-2H3. The van der Waals surface area contributed by atoms with Gasteiger partial charge in [-0.25, -0.2) is 0 Å². The Labute approximate surface area is 139 Å². The molecular weight excluding hydrogens is 290 g/mol. The number of piperidine rings is 1. The van der Waals surface area contributed by atoms with Crippen LogP contribution in [-0.4, -0.2) is 56.7 Å². The normalized spacial score (nSPS) is 19.4. The highest BCUT2D eigenvalue weighted by atomic mass is 16.5. The van der Waals surface area contributed by atoms with Gasteiger partial charge in [-0.2, -0.15) is 0 Å². The van der Waals surface area contributed by atoms with Crippen LogP contribution in [0.25, 0.3) is 0 Å². The fourth-order valence-electron chi connectivity index (χ4n) is 3.81. The van der Waals surface area contributed by atoms with E-state index < -0.39 is 0 Å². The number of methoxy groups -OCH3 is 2. The molecule has 2 heterocycles. The molecule has 2 aliphatic heterocycles. The lowest BCUT2D eigenvalue weighted by molar-refractivity contribution is 0.173. The van der Waals surface area contributed by atoms with Crippen LogP contribution >= 0.6 is 0 Å². The maximum Gasteiger partial charge on any atom is 0.164 e. The number of nitrogens with two attached hydrogens (primary N) is 1. The molecule has 23 heavy (non-hydrogen) atoms. The zero-order chi connectivity index (χ0) is 16.2. The Balaban J connectivity index is 1.68. The summed E-state index contributed by atoms with van der Waals surface area (Å²) in [7, 11) is 3.37. The SMILES string of the molecule is COc1cc(N)c2c(c1OC)CCN(CCN1CCCCC1)C2. The molecule has 2 N–H and O–H groups in total. The van der Waals surface area contributed by atoms with E-state index in [-0.39, 0.29) is 0 Å². The van der Waals surface area contributed by atoms with Crippen LogP contribution in [0, 0.1) is 0 Å². The van der Waals surface area contributed by atoms with E-state index in [9.17, 15) is 0 Å². The maximum atomic E-state index is 6.27. The molecular formula is C18H29N3O2. The second-order valence-corrected chi connectivity index (χ2v) is 6.59. The molecule has 0 saturated carbocycles. The minimum absolute atomic E-state index is 0.741. The minimum Gasteiger partial charge on any atom is -0.493 e. The monoisotopic (exact) mass is 319 g/mol. The zero-order valence-electron chi connectivity index (χ0n) is 14.4. The van der Waals surface area contributed by atoms with Gasteiger partial charge in [-0.15, -0.1) is 0 Å². The van der Waals surface area contributed by atoms with Crippen LogP contribution < -0.4 is 15.2 Å². The van der Waals surface area contributed by atoms with Crippen molar-refractivity contribution in [3.05, 3.63) is 17.2 Å². The molecule has 1 aromatic carbocycles. The Morgan fingerprint density at radius 1 is 0.957 bits per heavy atom. The van der Waals surface area contributed by atoms with Gasteiger partial charge < -0.3 is 20.1 Å². The van der Waals surface area contributed by atoms with Crippen LogP contribution in [0.15, 0.2) is 6.07 Å². The average molecular weight is 319 g/mol.